The number of nitrogens with two attached hydrogens (primary N) is 1. The van der Waals surface area contributed by atoms with Crippen molar-refractivity contribution in [3.63, 3.8) is 0 Å². The molecular formula is C15H15IN2O3. The Bertz CT molecular complexity index is 629. The molecule has 0 saturated heterocycles. The predicted octanol–water partition coefficient (Wildman–Crippen LogP) is 2.59. The molecule has 2 aromatic carbocycles. The lowest BCUT2D eigenvalue weighted by Crippen LogP contribution is -2.12. The Kier molecular flexibility index (Phi) is 5.40. The largest absolute Gasteiger partial charge is 0.507 e. The molecule has 0 spiro atoms. The number of benzene rings is 2. The third-order valence-corrected chi connectivity index (χ3v) is 3.62. The highest BCUT2D eigenvalue weighted by Gasteiger charge is 2.08. The molecule has 0 saturated carbocycles. The molecule has 0 aromatic heterocycles. The first-order valence-corrected chi connectivity index (χ1v) is 7.41. The Hall–Kier alpha value is -1.80. The maximum absolute atomic E-state index is 12.1. The van der Waals surface area contributed by atoms with Gasteiger partial charge in [-0.25, -0.2) is 0 Å². The summed E-state index contributed by atoms with van der Waals surface area (Å²) in [4.78, 5) is 12.1. The van der Waals surface area contributed by atoms with Crippen molar-refractivity contribution < 1.29 is 14.6 Å². The van der Waals surface area contributed by atoms with Crippen LogP contribution in [0.2, 0.25) is 0 Å². The summed E-state index contributed by atoms with van der Waals surface area (Å²) < 4.78 is 6.06. The number of rotatable bonds is 5. The van der Waals surface area contributed by atoms with E-state index in [4.69, 9.17) is 10.5 Å². The molecule has 0 aliphatic heterocycles. The van der Waals surface area contributed by atoms with Crippen molar-refractivity contribution in [2.24, 2.45) is 5.73 Å². The first kappa shape index (κ1) is 15.6. The van der Waals surface area contributed by atoms with E-state index in [0.29, 0.717) is 33.7 Å². The van der Waals surface area contributed by atoms with Gasteiger partial charge in [0.2, 0.25) is 0 Å². The first-order chi connectivity index (χ1) is 10.1. The Morgan fingerprint density at radius 3 is 2.57 bits per heavy atom. The third kappa shape index (κ3) is 4.33. The van der Waals surface area contributed by atoms with Crippen LogP contribution < -0.4 is 15.8 Å². The van der Waals surface area contributed by atoms with Gasteiger partial charge in [0, 0.05) is 17.8 Å². The van der Waals surface area contributed by atoms with Crippen molar-refractivity contribution in [2.45, 2.75) is 0 Å². The van der Waals surface area contributed by atoms with Gasteiger partial charge in [-0.15, -0.1) is 0 Å². The molecule has 21 heavy (non-hydrogen) atoms. The van der Waals surface area contributed by atoms with Crippen LogP contribution in [0, 0.1) is 3.57 Å². The SMILES string of the molecule is NCCOc1ccc(NC(=O)c2ccc(I)c(O)c2)cc1. The molecule has 6 heteroatoms. The summed E-state index contributed by atoms with van der Waals surface area (Å²) in [5, 5.41) is 12.4. The molecule has 2 aromatic rings. The zero-order chi connectivity index (χ0) is 15.2. The molecule has 0 aliphatic carbocycles. The Morgan fingerprint density at radius 2 is 1.95 bits per heavy atom. The standard InChI is InChI=1S/C15H15IN2O3/c16-13-6-1-10(9-14(13)19)15(20)18-11-2-4-12(5-3-11)21-8-7-17/h1-6,9,19H,7-8,17H2,(H,18,20). The number of carbonyl (C=O) groups is 1. The number of halogens is 1. The maximum atomic E-state index is 12.1. The van der Waals surface area contributed by atoms with E-state index in [-0.39, 0.29) is 11.7 Å². The van der Waals surface area contributed by atoms with Crippen molar-refractivity contribution in [2.75, 3.05) is 18.5 Å². The number of ether oxygens (including phenoxy) is 1. The molecule has 5 nitrogen and oxygen atoms in total. The molecule has 0 unspecified atom stereocenters. The maximum Gasteiger partial charge on any atom is 0.255 e. The van der Waals surface area contributed by atoms with Crippen molar-refractivity contribution in [1.82, 2.24) is 0 Å². The van der Waals surface area contributed by atoms with E-state index < -0.39 is 0 Å². The fraction of sp³-hybridized carbons (Fsp3) is 0.133. The van der Waals surface area contributed by atoms with E-state index in [9.17, 15) is 9.90 Å². The van der Waals surface area contributed by atoms with Crippen molar-refractivity contribution >= 4 is 34.2 Å². The molecule has 110 valence electrons. The van der Waals surface area contributed by atoms with Crippen molar-refractivity contribution in [3.8, 4) is 11.5 Å². The predicted molar refractivity (Wildman–Crippen MR) is 89.8 cm³/mol. The Labute approximate surface area is 136 Å². The van der Waals surface area contributed by atoms with Gasteiger partial charge >= 0.3 is 0 Å². The molecule has 1 amide bonds. The van der Waals surface area contributed by atoms with Crippen LogP contribution in [0.15, 0.2) is 42.5 Å². The van der Waals surface area contributed by atoms with Gasteiger partial charge in [0.25, 0.3) is 5.91 Å². The topological polar surface area (TPSA) is 84.6 Å². The number of hydrogen-bond acceptors (Lipinski definition) is 4. The smallest absolute Gasteiger partial charge is 0.255 e. The molecule has 0 radical (unpaired) electrons. The number of phenols is 1. The van der Waals surface area contributed by atoms with E-state index in [0.717, 1.165) is 0 Å². The summed E-state index contributed by atoms with van der Waals surface area (Å²) in [6.45, 7) is 0.905. The van der Waals surface area contributed by atoms with Gasteiger partial charge < -0.3 is 20.9 Å². The van der Waals surface area contributed by atoms with Gasteiger partial charge in [0.05, 0.1) is 3.57 Å². The highest BCUT2D eigenvalue weighted by atomic mass is 127. The summed E-state index contributed by atoms with van der Waals surface area (Å²) in [6, 6.07) is 11.8. The average molecular weight is 398 g/mol. The van der Waals surface area contributed by atoms with Crippen LogP contribution >= 0.6 is 22.6 Å². The second kappa shape index (κ2) is 7.28. The minimum Gasteiger partial charge on any atom is -0.507 e. The van der Waals surface area contributed by atoms with Gasteiger partial charge in [0.15, 0.2) is 0 Å². The van der Waals surface area contributed by atoms with E-state index in [1.165, 1.54) is 6.07 Å². The summed E-state index contributed by atoms with van der Waals surface area (Å²) in [5.74, 6) is 0.511. The van der Waals surface area contributed by atoms with Crippen LogP contribution in [0.1, 0.15) is 10.4 Å². The summed E-state index contributed by atoms with van der Waals surface area (Å²) in [7, 11) is 0. The van der Waals surface area contributed by atoms with Gasteiger partial charge in [-0.05, 0) is 65.1 Å². The number of carbonyl (C=O) groups excluding carboxylic acids is 1. The van der Waals surface area contributed by atoms with Gasteiger partial charge in [-0.2, -0.15) is 0 Å². The van der Waals surface area contributed by atoms with E-state index in [1.807, 2.05) is 22.6 Å². The van der Waals surface area contributed by atoms with Gasteiger partial charge in [-0.3, -0.25) is 4.79 Å². The van der Waals surface area contributed by atoms with Crippen LogP contribution in [0.5, 0.6) is 11.5 Å². The second-order valence-electron chi connectivity index (χ2n) is 4.28. The van der Waals surface area contributed by atoms with Crippen LogP contribution in [0.3, 0.4) is 0 Å². The fourth-order valence-electron chi connectivity index (χ4n) is 1.67. The van der Waals surface area contributed by atoms with Crippen molar-refractivity contribution in [3.05, 3.63) is 51.6 Å². The average Bonchev–Trinajstić information content (AvgIpc) is 2.49. The van der Waals surface area contributed by atoms with Gasteiger partial charge in [0.1, 0.15) is 18.1 Å². The fourth-order valence-corrected chi connectivity index (χ4v) is 2.00. The van der Waals surface area contributed by atoms with E-state index >= 15 is 0 Å². The number of aromatic hydroxyl groups is 1. The molecule has 4 N–H and O–H groups in total. The quantitative estimate of drug-likeness (QED) is 0.677. The van der Waals surface area contributed by atoms with Gasteiger partial charge in [-0.1, -0.05) is 0 Å². The van der Waals surface area contributed by atoms with E-state index in [2.05, 4.69) is 5.32 Å². The molecule has 2 rings (SSSR count). The monoisotopic (exact) mass is 398 g/mol. The van der Waals surface area contributed by atoms with Crippen LogP contribution in [0.25, 0.3) is 0 Å². The number of hydrogen-bond donors (Lipinski definition) is 3. The Balaban J connectivity index is 2.03. The highest BCUT2D eigenvalue weighted by molar-refractivity contribution is 14.1. The number of nitrogens with one attached hydrogen (secondary N) is 1. The molecule has 0 atom stereocenters. The summed E-state index contributed by atoms with van der Waals surface area (Å²) >= 11 is 2.00. The summed E-state index contributed by atoms with van der Waals surface area (Å²) in [6.07, 6.45) is 0. The van der Waals surface area contributed by atoms with E-state index in [1.54, 1.807) is 36.4 Å². The second-order valence-corrected chi connectivity index (χ2v) is 5.44. The normalized spacial score (nSPS) is 10.2. The molecule has 0 bridgehead atoms. The minimum absolute atomic E-state index is 0.0915. The summed E-state index contributed by atoms with van der Waals surface area (Å²) in [5.41, 5.74) is 6.41. The van der Waals surface area contributed by atoms with Crippen LogP contribution in [-0.4, -0.2) is 24.2 Å². The lowest BCUT2D eigenvalue weighted by atomic mass is 10.2. The molecular weight excluding hydrogens is 383 g/mol. The lowest BCUT2D eigenvalue weighted by Gasteiger charge is -2.08. The number of amides is 1. The number of anilines is 1. The molecule has 0 aliphatic rings. The third-order valence-electron chi connectivity index (χ3n) is 2.71. The lowest BCUT2D eigenvalue weighted by molar-refractivity contribution is 0.102. The zero-order valence-corrected chi connectivity index (χ0v) is 13.3. The minimum atomic E-state index is -0.280. The Morgan fingerprint density at radius 1 is 1.24 bits per heavy atom. The van der Waals surface area contributed by atoms with Crippen molar-refractivity contribution in [1.29, 1.82) is 0 Å². The van der Waals surface area contributed by atoms with Crippen LogP contribution in [0.4, 0.5) is 5.69 Å². The molecule has 0 fully saturated rings. The zero-order valence-electron chi connectivity index (χ0n) is 11.2. The number of phenolic OH excluding ortho intramolecular Hbond substituents is 1. The highest BCUT2D eigenvalue weighted by Crippen LogP contribution is 2.21. The van der Waals surface area contributed by atoms with Crippen LogP contribution in [-0.2, 0) is 0 Å². The first-order valence-electron chi connectivity index (χ1n) is 6.33. The molecule has 0 heterocycles.